The molecular formula is C15H22N2O3. The van der Waals surface area contributed by atoms with Gasteiger partial charge in [-0.25, -0.2) is 0 Å². The number of aromatic nitrogens is 1. The summed E-state index contributed by atoms with van der Waals surface area (Å²) in [5.74, 6) is 0.487. The molecule has 0 radical (unpaired) electrons. The van der Waals surface area contributed by atoms with Crippen LogP contribution in [0.4, 0.5) is 0 Å². The maximum atomic E-state index is 11.8. The van der Waals surface area contributed by atoms with Crippen molar-refractivity contribution in [3.05, 3.63) is 39.8 Å². The Kier molecular flexibility index (Phi) is 6.03. The monoisotopic (exact) mass is 278 g/mol. The van der Waals surface area contributed by atoms with Gasteiger partial charge in [0, 0.05) is 24.0 Å². The zero-order valence-corrected chi connectivity index (χ0v) is 12.4. The number of allylic oxidation sites excluding steroid dienone is 1. The van der Waals surface area contributed by atoms with E-state index in [2.05, 4.69) is 10.3 Å². The van der Waals surface area contributed by atoms with Gasteiger partial charge in [0.1, 0.15) is 0 Å². The summed E-state index contributed by atoms with van der Waals surface area (Å²) in [5.41, 5.74) is 1.38. The van der Waals surface area contributed by atoms with E-state index in [-0.39, 0.29) is 17.9 Å². The average molecular weight is 278 g/mol. The van der Waals surface area contributed by atoms with E-state index in [9.17, 15) is 9.59 Å². The number of ether oxygens (including phenoxy) is 1. The van der Waals surface area contributed by atoms with Crippen molar-refractivity contribution < 1.29 is 9.53 Å². The predicted octanol–water partition coefficient (Wildman–Crippen LogP) is 1.99. The predicted molar refractivity (Wildman–Crippen MR) is 78.7 cm³/mol. The Hall–Kier alpha value is -2.04. The highest BCUT2D eigenvalue weighted by atomic mass is 16.5. The van der Waals surface area contributed by atoms with Crippen molar-refractivity contribution >= 4 is 5.91 Å². The Bertz CT molecular complexity index is 540. The molecule has 110 valence electrons. The largest absolute Gasteiger partial charge is 0.488 e. The van der Waals surface area contributed by atoms with Gasteiger partial charge in [0.25, 0.3) is 0 Å². The maximum Gasteiger partial charge on any atom is 0.244 e. The number of carbonyl (C=O) groups is 1. The number of amides is 1. The summed E-state index contributed by atoms with van der Waals surface area (Å²) in [6.07, 6.45) is 3.05. The molecule has 0 spiro atoms. The van der Waals surface area contributed by atoms with Gasteiger partial charge in [0.15, 0.2) is 5.75 Å². The second-order valence-electron chi connectivity index (χ2n) is 5.33. The lowest BCUT2D eigenvalue weighted by atomic mass is 10.2. The van der Waals surface area contributed by atoms with Crippen molar-refractivity contribution in [2.24, 2.45) is 5.92 Å². The van der Waals surface area contributed by atoms with Crippen molar-refractivity contribution in [3.63, 3.8) is 0 Å². The van der Waals surface area contributed by atoms with Gasteiger partial charge < -0.3 is 15.0 Å². The minimum absolute atomic E-state index is 0.175. The molecule has 5 heteroatoms. The Balaban J connectivity index is 2.61. The minimum atomic E-state index is -0.184. The van der Waals surface area contributed by atoms with E-state index < -0.39 is 0 Å². The molecular weight excluding hydrogens is 256 g/mol. The van der Waals surface area contributed by atoms with Crippen LogP contribution in [-0.2, 0) is 11.3 Å². The van der Waals surface area contributed by atoms with Crippen molar-refractivity contribution in [2.45, 2.75) is 34.2 Å². The van der Waals surface area contributed by atoms with Gasteiger partial charge in [0.2, 0.25) is 11.3 Å². The second-order valence-corrected chi connectivity index (χ2v) is 5.33. The third-order valence-corrected chi connectivity index (χ3v) is 2.38. The van der Waals surface area contributed by atoms with Crippen LogP contribution in [0.15, 0.2) is 28.7 Å². The van der Waals surface area contributed by atoms with Gasteiger partial charge in [-0.1, -0.05) is 19.4 Å². The van der Waals surface area contributed by atoms with Crippen molar-refractivity contribution in [1.29, 1.82) is 0 Å². The summed E-state index contributed by atoms with van der Waals surface area (Å²) in [6, 6.07) is 1.44. The highest BCUT2D eigenvalue weighted by Crippen LogP contribution is 2.04. The van der Waals surface area contributed by atoms with E-state index in [0.29, 0.717) is 24.0 Å². The minimum Gasteiger partial charge on any atom is -0.488 e. The number of aromatic amines is 1. The zero-order valence-electron chi connectivity index (χ0n) is 12.4. The van der Waals surface area contributed by atoms with E-state index in [0.717, 1.165) is 5.57 Å². The zero-order chi connectivity index (χ0) is 15.1. The smallest absolute Gasteiger partial charge is 0.244 e. The maximum absolute atomic E-state index is 11.8. The van der Waals surface area contributed by atoms with Crippen molar-refractivity contribution in [3.8, 4) is 5.75 Å². The molecule has 1 amide bonds. The van der Waals surface area contributed by atoms with Gasteiger partial charge in [-0.15, -0.1) is 0 Å². The lowest BCUT2D eigenvalue weighted by Gasteiger charge is -2.09. The second kappa shape index (κ2) is 7.53. The fourth-order valence-electron chi connectivity index (χ4n) is 1.47. The number of carbonyl (C=O) groups excluding carboxylic acids is 1. The van der Waals surface area contributed by atoms with Crippen LogP contribution in [0, 0.1) is 5.92 Å². The normalized spacial score (nSPS) is 10.2. The fourth-order valence-corrected chi connectivity index (χ4v) is 1.47. The molecule has 0 fully saturated rings. The van der Waals surface area contributed by atoms with Crippen LogP contribution in [-0.4, -0.2) is 17.5 Å². The molecule has 0 saturated carbocycles. The molecule has 0 aliphatic rings. The van der Waals surface area contributed by atoms with E-state index >= 15 is 0 Å². The highest BCUT2D eigenvalue weighted by Gasteiger charge is 2.04. The Labute approximate surface area is 119 Å². The lowest BCUT2D eigenvalue weighted by molar-refractivity contribution is -0.116. The third kappa shape index (κ3) is 5.73. The molecule has 0 aliphatic heterocycles. The quantitative estimate of drug-likeness (QED) is 0.782. The summed E-state index contributed by atoms with van der Waals surface area (Å²) in [6.45, 7) is 8.51. The number of H-pyrrole nitrogens is 1. The highest BCUT2D eigenvalue weighted by molar-refractivity contribution is 5.87. The van der Waals surface area contributed by atoms with Crippen LogP contribution in [0.3, 0.4) is 0 Å². The first-order chi connectivity index (χ1) is 9.38. The van der Waals surface area contributed by atoms with Crippen molar-refractivity contribution in [2.75, 3.05) is 6.61 Å². The van der Waals surface area contributed by atoms with Crippen LogP contribution >= 0.6 is 0 Å². The van der Waals surface area contributed by atoms with Gasteiger partial charge in [-0.2, -0.15) is 0 Å². The van der Waals surface area contributed by atoms with Crippen LogP contribution < -0.4 is 15.5 Å². The van der Waals surface area contributed by atoms with E-state index in [1.165, 1.54) is 18.3 Å². The molecule has 1 aromatic rings. The lowest BCUT2D eigenvalue weighted by Crippen LogP contribution is -2.22. The molecule has 0 atom stereocenters. The summed E-state index contributed by atoms with van der Waals surface area (Å²) in [7, 11) is 0. The first-order valence-electron chi connectivity index (χ1n) is 6.65. The SMILES string of the molecule is CC(C)=CC(=O)NCc1cc(=O)c(OCC(C)C)c[nH]1. The Morgan fingerprint density at radius 2 is 2.15 bits per heavy atom. The number of hydrogen-bond donors (Lipinski definition) is 2. The van der Waals surface area contributed by atoms with Crippen molar-refractivity contribution in [1.82, 2.24) is 10.3 Å². The number of pyridine rings is 1. The van der Waals surface area contributed by atoms with Crippen LogP contribution in [0.25, 0.3) is 0 Å². The van der Waals surface area contributed by atoms with Gasteiger partial charge >= 0.3 is 0 Å². The fraction of sp³-hybridized carbons (Fsp3) is 0.467. The molecule has 0 aliphatic carbocycles. The summed E-state index contributed by atoms with van der Waals surface area (Å²) < 4.78 is 5.39. The first kappa shape index (κ1) is 16.0. The standard InChI is InChI=1S/C15H22N2O3/c1-10(2)5-15(19)17-7-12-6-13(18)14(8-16-12)20-9-11(3)4/h5-6,8,11H,7,9H2,1-4H3,(H,16,18)(H,17,19). The summed E-state index contributed by atoms with van der Waals surface area (Å²) >= 11 is 0. The van der Waals surface area contributed by atoms with E-state index in [1.807, 2.05) is 27.7 Å². The third-order valence-electron chi connectivity index (χ3n) is 2.38. The van der Waals surface area contributed by atoms with Crippen LogP contribution in [0.1, 0.15) is 33.4 Å². The molecule has 0 unspecified atom stereocenters. The molecule has 5 nitrogen and oxygen atoms in total. The topological polar surface area (TPSA) is 71.2 Å². The van der Waals surface area contributed by atoms with Gasteiger partial charge in [-0.3, -0.25) is 9.59 Å². The molecule has 20 heavy (non-hydrogen) atoms. The number of nitrogens with one attached hydrogen (secondary N) is 2. The summed E-state index contributed by atoms with van der Waals surface area (Å²) in [4.78, 5) is 26.2. The number of rotatable bonds is 6. The molecule has 0 bridgehead atoms. The van der Waals surface area contributed by atoms with E-state index in [4.69, 9.17) is 4.74 Å². The Morgan fingerprint density at radius 1 is 1.45 bits per heavy atom. The number of hydrogen-bond acceptors (Lipinski definition) is 3. The van der Waals surface area contributed by atoms with Crippen LogP contribution in [0.5, 0.6) is 5.75 Å². The average Bonchev–Trinajstić information content (AvgIpc) is 2.34. The molecule has 1 heterocycles. The van der Waals surface area contributed by atoms with E-state index in [1.54, 1.807) is 0 Å². The molecule has 1 rings (SSSR count). The summed E-state index contributed by atoms with van der Waals surface area (Å²) in [5, 5.41) is 2.70. The van der Waals surface area contributed by atoms with Gasteiger partial charge in [-0.05, 0) is 19.8 Å². The molecule has 0 saturated heterocycles. The molecule has 0 aromatic carbocycles. The Morgan fingerprint density at radius 3 is 2.70 bits per heavy atom. The first-order valence-corrected chi connectivity index (χ1v) is 6.65. The van der Waals surface area contributed by atoms with Gasteiger partial charge in [0.05, 0.1) is 13.2 Å². The molecule has 2 N–H and O–H groups in total. The van der Waals surface area contributed by atoms with Crippen LogP contribution in [0.2, 0.25) is 0 Å². The molecule has 1 aromatic heterocycles.